The number of morpholine rings is 1. The molecule has 0 radical (unpaired) electrons. The van der Waals surface area contributed by atoms with E-state index in [-0.39, 0.29) is 25.0 Å². The summed E-state index contributed by atoms with van der Waals surface area (Å²) in [5, 5.41) is 0. The van der Waals surface area contributed by atoms with Crippen LogP contribution < -0.4 is 0 Å². The van der Waals surface area contributed by atoms with Gasteiger partial charge in [-0.25, -0.2) is 0 Å². The topological polar surface area (TPSA) is 68.3 Å². The van der Waals surface area contributed by atoms with Crippen molar-refractivity contribution in [3.05, 3.63) is 35.9 Å². The molecule has 1 aromatic rings. The number of piperidine rings is 1. The maximum atomic E-state index is 13.1. The van der Waals surface area contributed by atoms with Crippen LogP contribution in [0.1, 0.15) is 18.4 Å². The first-order valence-corrected chi connectivity index (χ1v) is 9.15. The fourth-order valence-corrected chi connectivity index (χ4v) is 3.85. The van der Waals surface area contributed by atoms with Crippen molar-refractivity contribution in [2.24, 2.45) is 0 Å². The highest BCUT2D eigenvalue weighted by molar-refractivity contribution is 5.89. The lowest BCUT2D eigenvalue weighted by atomic mass is 10.0. The van der Waals surface area contributed by atoms with E-state index >= 15 is 0 Å². The molecule has 140 valence electrons. The molecule has 0 bridgehead atoms. The fourth-order valence-electron chi connectivity index (χ4n) is 3.85. The van der Waals surface area contributed by atoms with Gasteiger partial charge in [-0.2, -0.15) is 0 Å². The minimum Gasteiger partial charge on any atom is -0.369 e. The van der Waals surface area contributed by atoms with Crippen molar-refractivity contribution < 1.29 is 23.8 Å². The minimum absolute atomic E-state index is 0.0292. The Morgan fingerprint density at radius 1 is 1.12 bits per heavy atom. The molecule has 7 heteroatoms. The van der Waals surface area contributed by atoms with Gasteiger partial charge in [0.2, 0.25) is 11.8 Å². The molecule has 3 aliphatic rings. The third-order valence-corrected chi connectivity index (χ3v) is 5.33. The van der Waals surface area contributed by atoms with Crippen molar-refractivity contribution in [1.82, 2.24) is 9.80 Å². The molecule has 3 saturated heterocycles. The van der Waals surface area contributed by atoms with Crippen molar-refractivity contribution >= 4 is 11.8 Å². The number of benzene rings is 1. The van der Waals surface area contributed by atoms with Crippen LogP contribution in [0.5, 0.6) is 0 Å². The first-order valence-electron chi connectivity index (χ1n) is 9.15. The molecule has 0 N–H and O–H groups in total. The van der Waals surface area contributed by atoms with Gasteiger partial charge in [-0.15, -0.1) is 0 Å². The second-order valence-corrected chi connectivity index (χ2v) is 6.97. The highest BCUT2D eigenvalue weighted by Gasteiger charge is 2.43. The van der Waals surface area contributed by atoms with Gasteiger partial charge < -0.3 is 24.0 Å². The largest absolute Gasteiger partial charge is 0.369 e. The molecule has 0 aliphatic carbocycles. The second-order valence-electron chi connectivity index (χ2n) is 6.97. The number of amides is 2. The Morgan fingerprint density at radius 3 is 2.50 bits per heavy atom. The first-order chi connectivity index (χ1) is 12.7. The van der Waals surface area contributed by atoms with Crippen LogP contribution in [-0.4, -0.2) is 73.0 Å². The van der Waals surface area contributed by atoms with E-state index < -0.39 is 11.8 Å². The highest BCUT2D eigenvalue weighted by Crippen LogP contribution is 2.31. The van der Waals surface area contributed by atoms with Crippen LogP contribution in [0.25, 0.3) is 0 Å². The third-order valence-electron chi connectivity index (χ3n) is 5.33. The number of carbonyl (C=O) groups excluding carboxylic acids is 2. The van der Waals surface area contributed by atoms with Gasteiger partial charge in [-0.05, 0) is 5.56 Å². The van der Waals surface area contributed by atoms with Gasteiger partial charge in [0.1, 0.15) is 12.6 Å². The molecule has 0 aromatic heterocycles. The van der Waals surface area contributed by atoms with Gasteiger partial charge in [0, 0.05) is 32.5 Å². The van der Waals surface area contributed by atoms with E-state index in [0.29, 0.717) is 45.7 Å². The number of ether oxygens (including phenoxy) is 3. The van der Waals surface area contributed by atoms with Crippen molar-refractivity contribution in [2.45, 2.75) is 31.2 Å². The van der Waals surface area contributed by atoms with Gasteiger partial charge in [-0.1, -0.05) is 30.3 Å². The predicted octanol–water partition coefficient (Wildman–Crippen LogP) is 0.779. The van der Waals surface area contributed by atoms with Crippen LogP contribution in [-0.2, 0) is 30.3 Å². The lowest BCUT2D eigenvalue weighted by Crippen LogP contribution is -2.58. The van der Waals surface area contributed by atoms with Gasteiger partial charge >= 0.3 is 0 Å². The lowest BCUT2D eigenvalue weighted by molar-refractivity contribution is -0.190. The molecule has 1 atom stereocenters. The second kappa shape index (κ2) is 7.34. The van der Waals surface area contributed by atoms with Crippen molar-refractivity contribution in [3.8, 4) is 0 Å². The summed E-state index contributed by atoms with van der Waals surface area (Å²) >= 11 is 0. The Kier molecular flexibility index (Phi) is 4.93. The van der Waals surface area contributed by atoms with Gasteiger partial charge in [0.15, 0.2) is 5.79 Å². The van der Waals surface area contributed by atoms with Gasteiger partial charge in [0.05, 0.1) is 19.8 Å². The highest BCUT2D eigenvalue weighted by atomic mass is 16.7. The van der Waals surface area contributed by atoms with E-state index in [1.54, 1.807) is 9.80 Å². The summed E-state index contributed by atoms with van der Waals surface area (Å²) in [6.45, 7) is 3.07. The molecule has 2 amide bonds. The molecule has 1 aromatic carbocycles. The Morgan fingerprint density at radius 2 is 1.81 bits per heavy atom. The molecule has 1 spiro atoms. The Balaban J connectivity index is 1.44. The predicted molar refractivity (Wildman–Crippen MR) is 92.0 cm³/mol. The van der Waals surface area contributed by atoms with Crippen LogP contribution in [0.15, 0.2) is 30.3 Å². The molecule has 3 aliphatic heterocycles. The zero-order valence-corrected chi connectivity index (χ0v) is 14.8. The van der Waals surface area contributed by atoms with Crippen LogP contribution in [0.2, 0.25) is 0 Å². The molecule has 3 heterocycles. The molecule has 1 unspecified atom stereocenters. The summed E-state index contributed by atoms with van der Waals surface area (Å²) in [6.07, 6.45) is 1.33. The van der Waals surface area contributed by atoms with Gasteiger partial charge in [-0.3, -0.25) is 9.59 Å². The SMILES string of the molecule is O=C(C1COCC(=O)N1Cc1ccccc1)N1CCC2(CC1)OCCO2. The number of carbonyl (C=O) groups is 2. The number of likely N-dealkylation sites (tertiary alicyclic amines) is 1. The number of nitrogens with zero attached hydrogens (tertiary/aromatic N) is 2. The standard InChI is InChI=1S/C19H24N2O5/c22-17-14-24-13-16(21(17)12-15-4-2-1-3-5-15)18(23)20-8-6-19(7-9-20)25-10-11-26-19/h1-5,16H,6-14H2. The Hall–Kier alpha value is -1.96. The summed E-state index contributed by atoms with van der Waals surface area (Å²) in [4.78, 5) is 28.9. The molecule has 26 heavy (non-hydrogen) atoms. The maximum Gasteiger partial charge on any atom is 0.249 e. The number of rotatable bonds is 3. The van der Waals surface area contributed by atoms with Crippen molar-refractivity contribution in [1.29, 1.82) is 0 Å². The van der Waals surface area contributed by atoms with Crippen LogP contribution in [0, 0.1) is 0 Å². The van der Waals surface area contributed by atoms with E-state index in [2.05, 4.69) is 0 Å². The summed E-state index contributed by atoms with van der Waals surface area (Å²) in [5.74, 6) is -0.712. The monoisotopic (exact) mass is 360 g/mol. The van der Waals surface area contributed by atoms with E-state index in [1.165, 1.54) is 0 Å². The van der Waals surface area contributed by atoms with Crippen molar-refractivity contribution in [3.63, 3.8) is 0 Å². The summed E-state index contributed by atoms with van der Waals surface area (Å²) in [5.41, 5.74) is 1.01. The molecule has 7 nitrogen and oxygen atoms in total. The summed E-state index contributed by atoms with van der Waals surface area (Å²) in [6, 6.07) is 9.15. The van der Waals surface area contributed by atoms with Crippen LogP contribution >= 0.6 is 0 Å². The van der Waals surface area contributed by atoms with Crippen LogP contribution in [0.4, 0.5) is 0 Å². The molecular formula is C19H24N2O5. The first kappa shape index (κ1) is 17.5. The van der Waals surface area contributed by atoms with Gasteiger partial charge in [0.25, 0.3) is 0 Å². The molecule has 4 rings (SSSR count). The molecule has 0 saturated carbocycles. The fraction of sp³-hybridized carbons (Fsp3) is 0.579. The maximum absolute atomic E-state index is 13.1. The Bertz CT molecular complexity index is 649. The smallest absolute Gasteiger partial charge is 0.249 e. The normalized spacial score (nSPS) is 25.7. The lowest BCUT2D eigenvalue weighted by Gasteiger charge is -2.41. The summed E-state index contributed by atoms with van der Waals surface area (Å²) in [7, 11) is 0. The number of hydrogen-bond donors (Lipinski definition) is 0. The zero-order valence-electron chi connectivity index (χ0n) is 14.8. The van der Waals surface area contributed by atoms with E-state index in [0.717, 1.165) is 5.56 Å². The average molecular weight is 360 g/mol. The van der Waals surface area contributed by atoms with Crippen molar-refractivity contribution in [2.75, 3.05) is 39.5 Å². The van der Waals surface area contributed by atoms with E-state index in [4.69, 9.17) is 14.2 Å². The van der Waals surface area contributed by atoms with Crippen LogP contribution in [0.3, 0.4) is 0 Å². The summed E-state index contributed by atoms with van der Waals surface area (Å²) < 4.78 is 16.8. The average Bonchev–Trinajstić information content (AvgIpc) is 3.12. The third kappa shape index (κ3) is 3.47. The zero-order chi connectivity index (χ0) is 18.0. The minimum atomic E-state index is -0.573. The number of hydrogen-bond acceptors (Lipinski definition) is 5. The molecule has 3 fully saturated rings. The Labute approximate surface area is 152 Å². The van der Waals surface area contributed by atoms with E-state index in [9.17, 15) is 9.59 Å². The molecular weight excluding hydrogens is 336 g/mol. The quantitative estimate of drug-likeness (QED) is 0.797. The van der Waals surface area contributed by atoms with E-state index in [1.807, 2.05) is 30.3 Å².